The molecule has 7 nitrogen and oxygen atoms in total. The van der Waals surface area contributed by atoms with Gasteiger partial charge >= 0.3 is 0 Å². The number of pyridine rings is 1. The van der Waals surface area contributed by atoms with Crippen LogP contribution < -0.4 is 5.32 Å². The Balaban J connectivity index is 2.00. The molecule has 2 aromatic heterocycles. The van der Waals surface area contributed by atoms with Crippen molar-refractivity contribution in [3.8, 4) is 0 Å². The standard InChI is InChI=1S/C17H23N5O2/c1-4-14-16(23)18-7-6-8-21(14)17(24)13-9-12-10-19-22(5-2)15(12)20-11(13)3/h9-10,14H,4-8H2,1-3H3,(H,18,23)/t14-/m0/s1. The summed E-state index contributed by atoms with van der Waals surface area (Å²) in [7, 11) is 0. The number of amides is 2. The minimum Gasteiger partial charge on any atom is -0.354 e. The van der Waals surface area contributed by atoms with Crippen LogP contribution in [0.5, 0.6) is 0 Å². The molecule has 2 aromatic rings. The van der Waals surface area contributed by atoms with Gasteiger partial charge in [-0.05, 0) is 32.8 Å². The number of aromatic nitrogens is 3. The van der Waals surface area contributed by atoms with Crippen LogP contribution in [0, 0.1) is 6.92 Å². The van der Waals surface area contributed by atoms with E-state index in [0.717, 1.165) is 24.0 Å². The maximum atomic E-state index is 13.1. The number of hydrogen-bond acceptors (Lipinski definition) is 4. The summed E-state index contributed by atoms with van der Waals surface area (Å²) in [6.07, 6.45) is 3.09. The molecule has 0 unspecified atom stereocenters. The molecule has 3 rings (SSSR count). The van der Waals surface area contributed by atoms with Gasteiger partial charge in [-0.1, -0.05) is 6.92 Å². The van der Waals surface area contributed by atoms with E-state index in [1.54, 1.807) is 11.1 Å². The molecule has 24 heavy (non-hydrogen) atoms. The van der Waals surface area contributed by atoms with Crippen molar-refractivity contribution in [1.29, 1.82) is 0 Å². The van der Waals surface area contributed by atoms with E-state index in [2.05, 4.69) is 15.4 Å². The molecule has 128 valence electrons. The zero-order valence-electron chi connectivity index (χ0n) is 14.4. The molecule has 0 aromatic carbocycles. The predicted molar refractivity (Wildman–Crippen MR) is 90.7 cm³/mol. The molecule has 0 radical (unpaired) electrons. The third kappa shape index (κ3) is 2.74. The van der Waals surface area contributed by atoms with E-state index < -0.39 is 6.04 Å². The highest BCUT2D eigenvalue weighted by Gasteiger charge is 2.31. The van der Waals surface area contributed by atoms with E-state index in [1.807, 2.05) is 31.5 Å². The quantitative estimate of drug-likeness (QED) is 0.925. The van der Waals surface area contributed by atoms with Crippen molar-refractivity contribution in [2.45, 2.75) is 46.2 Å². The molecule has 0 spiro atoms. The van der Waals surface area contributed by atoms with Gasteiger partial charge < -0.3 is 10.2 Å². The van der Waals surface area contributed by atoms with E-state index in [-0.39, 0.29) is 11.8 Å². The van der Waals surface area contributed by atoms with Crippen LogP contribution in [0.2, 0.25) is 0 Å². The normalized spacial score (nSPS) is 18.5. The Morgan fingerprint density at radius 1 is 1.42 bits per heavy atom. The lowest BCUT2D eigenvalue weighted by molar-refractivity contribution is -0.124. The molecule has 1 atom stereocenters. The number of nitrogens with one attached hydrogen (secondary N) is 1. The summed E-state index contributed by atoms with van der Waals surface area (Å²) in [6, 6.07) is 1.42. The van der Waals surface area contributed by atoms with Crippen LogP contribution in [0.4, 0.5) is 0 Å². The van der Waals surface area contributed by atoms with Gasteiger partial charge in [-0.15, -0.1) is 0 Å². The average molecular weight is 329 g/mol. The maximum absolute atomic E-state index is 13.1. The number of rotatable bonds is 3. The van der Waals surface area contributed by atoms with Gasteiger partial charge in [0, 0.05) is 25.0 Å². The monoisotopic (exact) mass is 329 g/mol. The third-order valence-corrected chi connectivity index (χ3v) is 4.53. The van der Waals surface area contributed by atoms with Crippen molar-refractivity contribution < 1.29 is 9.59 Å². The fourth-order valence-electron chi connectivity index (χ4n) is 3.22. The summed E-state index contributed by atoms with van der Waals surface area (Å²) >= 11 is 0. The van der Waals surface area contributed by atoms with Gasteiger partial charge in [-0.2, -0.15) is 5.10 Å². The fourth-order valence-corrected chi connectivity index (χ4v) is 3.22. The lowest BCUT2D eigenvalue weighted by atomic mass is 10.1. The van der Waals surface area contributed by atoms with Gasteiger partial charge in [0.1, 0.15) is 6.04 Å². The largest absolute Gasteiger partial charge is 0.354 e. The van der Waals surface area contributed by atoms with Crippen molar-refractivity contribution in [1.82, 2.24) is 25.0 Å². The smallest absolute Gasteiger partial charge is 0.256 e. The SMILES string of the molecule is CC[C@H]1C(=O)NCCCN1C(=O)c1cc2cnn(CC)c2nc1C. The molecule has 3 heterocycles. The number of carbonyl (C=O) groups is 2. The van der Waals surface area contributed by atoms with Crippen LogP contribution >= 0.6 is 0 Å². The lowest BCUT2D eigenvalue weighted by Gasteiger charge is -2.28. The van der Waals surface area contributed by atoms with Crippen LogP contribution in [-0.2, 0) is 11.3 Å². The molecular formula is C17H23N5O2. The zero-order valence-corrected chi connectivity index (χ0v) is 14.4. The van der Waals surface area contributed by atoms with E-state index in [9.17, 15) is 9.59 Å². The van der Waals surface area contributed by atoms with E-state index in [0.29, 0.717) is 30.8 Å². The first-order valence-corrected chi connectivity index (χ1v) is 8.48. The van der Waals surface area contributed by atoms with Crippen LogP contribution in [0.25, 0.3) is 11.0 Å². The maximum Gasteiger partial charge on any atom is 0.256 e. The minimum absolute atomic E-state index is 0.0751. The van der Waals surface area contributed by atoms with Gasteiger partial charge in [-0.3, -0.25) is 9.59 Å². The Bertz CT molecular complexity index is 783. The second kappa shape index (κ2) is 6.59. The molecule has 1 aliphatic heterocycles. The second-order valence-corrected chi connectivity index (χ2v) is 6.06. The Hall–Kier alpha value is -2.44. The highest BCUT2D eigenvalue weighted by atomic mass is 16.2. The summed E-state index contributed by atoms with van der Waals surface area (Å²) in [5, 5.41) is 8.01. The van der Waals surface area contributed by atoms with Gasteiger partial charge in [0.2, 0.25) is 5.91 Å². The summed E-state index contributed by atoms with van der Waals surface area (Å²) in [4.78, 5) is 31.5. The van der Waals surface area contributed by atoms with Crippen LogP contribution in [0.1, 0.15) is 42.7 Å². The summed E-state index contributed by atoms with van der Waals surface area (Å²) in [5.41, 5.74) is 2.00. The molecule has 1 fully saturated rings. The molecule has 0 bridgehead atoms. The van der Waals surface area contributed by atoms with Crippen molar-refractivity contribution in [2.75, 3.05) is 13.1 Å². The molecule has 7 heteroatoms. The minimum atomic E-state index is -0.423. The highest BCUT2D eigenvalue weighted by molar-refractivity contribution is 6.00. The van der Waals surface area contributed by atoms with Crippen molar-refractivity contribution in [3.63, 3.8) is 0 Å². The summed E-state index contributed by atoms with van der Waals surface area (Å²) in [5.74, 6) is -0.205. The van der Waals surface area contributed by atoms with Crippen LogP contribution in [0.3, 0.4) is 0 Å². The first-order valence-electron chi connectivity index (χ1n) is 8.48. The van der Waals surface area contributed by atoms with Gasteiger partial charge in [-0.25, -0.2) is 9.67 Å². The predicted octanol–water partition coefficient (Wildman–Crippen LogP) is 1.50. The first-order chi connectivity index (χ1) is 11.6. The summed E-state index contributed by atoms with van der Waals surface area (Å²) < 4.78 is 1.81. The molecule has 0 saturated carbocycles. The number of nitrogens with zero attached hydrogens (tertiary/aromatic N) is 4. The van der Waals surface area contributed by atoms with Gasteiger partial charge in [0.25, 0.3) is 5.91 Å². The Labute approximate surface area is 141 Å². The molecule has 2 amide bonds. The average Bonchev–Trinajstić information content (AvgIpc) is 2.87. The zero-order chi connectivity index (χ0) is 17.3. The Morgan fingerprint density at radius 2 is 2.21 bits per heavy atom. The van der Waals surface area contributed by atoms with E-state index >= 15 is 0 Å². The van der Waals surface area contributed by atoms with Crippen molar-refractivity contribution in [3.05, 3.63) is 23.5 Å². The number of fused-ring (bicyclic) bond motifs is 1. The summed E-state index contributed by atoms with van der Waals surface area (Å²) in [6.45, 7) is 7.67. The Kier molecular flexibility index (Phi) is 4.51. The fraction of sp³-hybridized carbons (Fsp3) is 0.529. The first kappa shape index (κ1) is 16.4. The number of carbonyl (C=O) groups excluding carboxylic acids is 2. The van der Waals surface area contributed by atoms with E-state index in [1.165, 1.54) is 0 Å². The number of hydrogen-bond donors (Lipinski definition) is 1. The van der Waals surface area contributed by atoms with Crippen LogP contribution in [-0.4, -0.2) is 50.6 Å². The lowest BCUT2D eigenvalue weighted by Crippen LogP contribution is -2.47. The molecular weight excluding hydrogens is 306 g/mol. The number of aryl methyl sites for hydroxylation is 2. The molecule has 1 N–H and O–H groups in total. The highest BCUT2D eigenvalue weighted by Crippen LogP contribution is 2.20. The molecule has 0 aliphatic carbocycles. The van der Waals surface area contributed by atoms with Gasteiger partial charge in [0.15, 0.2) is 5.65 Å². The van der Waals surface area contributed by atoms with Crippen molar-refractivity contribution >= 4 is 22.8 Å². The molecule has 1 aliphatic rings. The molecule has 1 saturated heterocycles. The van der Waals surface area contributed by atoms with Crippen molar-refractivity contribution in [2.24, 2.45) is 0 Å². The van der Waals surface area contributed by atoms with Crippen LogP contribution in [0.15, 0.2) is 12.3 Å². The van der Waals surface area contributed by atoms with E-state index in [4.69, 9.17) is 0 Å². The second-order valence-electron chi connectivity index (χ2n) is 6.06. The Morgan fingerprint density at radius 3 is 2.92 bits per heavy atom. The topological polar surface area (TPSA) is 80.1 Å². The van der Waals surface area contributed by atoms with Gasteiger partial charge in [0.05, 0.1) is 17.5 Å². The third-order valence-electron chi connectivity index (χ3n) is 4.53.